The zero-order valence-corrected chi connectivity index (χ0v) is 12.6. The highest BCUT2D eigenvalue weighted by Crippen LogP contribution is 2.29. The first-order valence-electron chi connectivity index (χ1n) is 6.95. The number of aromatic amines is 1. The molecule has 3 rings (SSSR count). The van der Waals surface area contributed by atoms with E-state index in [1.54, 1.807) is 0 Å². The number of anilines is 1. The summed E-state index contributed by atoms with van der Waals surface area (Å²) in [7, 11) is 0. The molecule has 0 atom stereocenters. The van der Waals surface area contributed by atoms with Crippen LogP contribution in [0.15, 0.2) is 41.6 Å². The van der Waals surface area contributed by atoms with Gasteiger partial charge >= 0.3 is 0 Å². The van der Waals surface area contributed by atoms with Crippen molar-refractivity contribution in [3.63, 3.8) is 0 Å². The second-order valence-electron chi connectivity index (χ2n) is 4.97. The average Bonchev–Trinajstić information content (AvgIpc) is 3.01. The molecule has 106 valence electrons. The number of para-hydroxylation sites is 1. The summed E-state index contributed by atoms with van der Waals surface area (Å²) in [6.45, 7) is 5.26. The summed E-state index contributed by atoms with van der Waals surface area (Å²) in [6.07, 6.45) is 5.85. The van der Waals surface area contributed by atoms with Gasteiger partial charge in [0.2, 0.25) is 0 Å². The molecule has 0 spiro atoms. The molecule has 5 heteroatoms. The Bertz CT molecular complexity index is 533. The molecule has 2 heterocycles. The van der Waals surface area contributed by atoms with Crippen LogP contribution in [0.25, 0.3) is 0 Å². The molecule has 1 aliphatic rings. The van der Waals surface area contributed by atoms with Crippen LogP contribution in [0.1, 0.15) is 5.82 Å². The lowest BCUT2D eigenvalue weighted by Gasteiger charge is -2.36. The summed E-state index contributed by atoms with van der Waals surface area (Å²) in [5, 5.41) is 0. The summed E-state index contributed by atoms with van der Waals surface area (Å²) in [5.74, 6) is 1.06. The van der Waals surface area contributed by atoms with Crippen molar-refractivity contribution in [3.05, 3.63) is 42.5 Å². The normalized spacial score (nSPS) is 16.6. The van der Waals surface area contributed by atoms with Gasteiger partial charge in [-0.3, -0.25) is 4.90 Å². The molecule has 0 saturated carbocycles. The molecule has 1 aromatic heterocycles. The number of nitrogens with zero attached hydrogens (tertiary/aromatic N) is 3. The maximum absolute atomic E-state index is 4.30. The van der Waals surface area contributed by atoms with Crippen LogP contribution in [-0.2, 0) is 6.54 Å². The number of piperazine rings is 1. The summed E-state index contributed by atoms with van der Waals surface area (Å²) >= 11 is 1.82. The maximum atomic E-state index is 4.30. The van der Waals surface area contributed by atoms with Crippen LogP contribution in [0.2, 0.25) is 0 Å². The average molecular weight is 288 g/mol. The van der Waals surface area contributed by atoms with Crippen LogP contribution in [-0.4, -0.2) is 47.3 Å². The van der Waals surface area contributed by atoms with Gasteiger partial charge in [0.05, 0.1) is 12.2 Å². The molecule has 0 amide bonds. The van der Waals surface area contributed by atoms with E-state index in [0.717, 1.165) is 38.5 Å². The van der Waals surface area contributed by atoms with E-state index in [1.165, 1.54) is 10.6 Å². The molecule has 0 radical (unpaired) electrons. The minimum Gasteiger partial charge on any atom is -0.368 e. The minimum absolute atomic E-state index is 0.922. The van der Waals surface area contributed by atoms with Crippen molar-refractivity contribution in [3.8, 4) is 0 Å². The third kappa shape index (κ3) is 2.99. The monoisotopic (exact) mass is 288 g/mol. The summed E-state index contributed by atoms with van der Waals surface area (Å²) < 4.78 is 0. The number of thioether (sulfide) groups is 1. The first kappa shape index (κ1) is 13.5. The van der Waals surface area contributed by atoms with E-state index < -0.39 is 0 Å². The van der Waals surface area contributed by atoms with E-state index in [1.807, 2.05) is 24.2 Å². The molecule has 2 aromatic rings. The topological polar surface area (TPSA) is 35.2 Å². The molecular weight excluding hydrogens is 268 g/mol. The molecule has 0 bridgehead atoms. The Kier molecular flexibility index (Phi) is 4.28. The molecule has 0 unspecified atom stereocenters. The first-order chi connectivity index (χ1) is 9.86. The lowest BCUT2D eigenvalue weighted by molar-refractivity contribution is 0.244. The van der Waals surface area contributed by atoms with Crippen LogP contribution in [0.3, 0.4) is 0 Å². The Balaban J connectivity index is 1.60. The van der Waals surface area contributed by atoms with Gasteiger partial charge in [-0.1, -0.05) is 12.1 Å². The van der Waals surface area contributed by atoms with Crippen molar-refractivity contribution >= 4 is 17.4 Å². The second-order valence-corrected chi connectivity index (χ2v) is 5.82. The van der Waals surface area contributed by atoms with Gasteiger partial charge in [-0.2, -0.15) is 0 Å². The van der Waals surface area contributed by atoms with Gasteiger partial charge in [0.1, 0.15) is 5.82 Å². The number of benzene rings is 1. The lowest BCUT2D eigenvalue weighted by atomic mass is 10.2. The van der Waals surface area contributed by atoms with Crippen molar-refractivity contribution in [1.29, 1.82) is 0 Å². The van der Waals surface area contributed by atoms with Crippen molar-refractivity contribution < 1.29 is 0 Å². The van der Waals surface area contributed by atoms with E-state index >= 15 is 0 Å². The molecule has 1 fully saturated rings. The third-order valence-electron chi connectivity index (χ3n) is 3.73. The highest BCUT2D eigenvalue weighted by Gasteiger charge is 2.19. The zero-order chi connectivity index (χ0) is 13.8. The summed E-state index contributed by atoms with van der Waals surface area (Å²) in [5.41, 5.74) is 1.37. The second kappa shape index (κ2) is 6.33. The molecule has 1 aliphatic heterocycles. The third-order valence-corrected chi connectivity index (χ3v) is 4.51. The van der Waals surface area contributed by atoms with E-state index in [-0.39, 0.29) is 0 Å². The predicted octanol–water partition coefficient (Wildman–Crippen LogP) is 2.45. The van der Waals surface area contributed by atoms with Gasteiger partial charge in [0, 0.05) is 43.5 Å². The Hall–Kier alpha value is -1.46. The van der Waals surface area contributed by atoms with Gasteiger partial charge in [0.15, 0.2) is 0 Å². The highest BCUT2D eigenvalue weighted by atomic mass is 32.2. The predicted molar refractivity (Wildman–Crippen MR) is 84.3 cm³/mol. The van der Waals surface area contributed by atoms with Crippen molar-refractivity contribution in [2.45, 2.75) is 11.4 Å². The molecule has 0 aliphatic carbocycles. The standard InChI is InChI=1S/C15H20N4S/c1-20-14-5-3-2-4-13(14)19-10-8-18(9-11-19)12-15-16-6-7-17-15/h2-7H,8-12H2,1H3,(H,16,17). The van der Waals surface area contributed by atoms with Crippen LogP contribution in [0.5, 0.6) is 0 Å². The van der Waals surface area contributed by atoms with Crippen molar-refractivity contribution in [2.75, 3.05) is 37.3 Å². The van der Waals surface area contributed by atoms with Gasteiger partial charge in [-0.15, -0.1) is 11.8 Å². The molecule has 1 aromatic carbocycles. The minimum atomic E-state index is 0.922. The largest absolute Gasteiger partial charge is 0.368 e. The number of imidazole rings is 1. The summed E-state index contributed by atoms with van der Waals surface area (Å²) in [6, 6.07) is 8.68. The quantitative estimate of drug-likeness (QED) is 0.877. The Morgan fingerprint density at radius 1 is 1.20 bits per heavy atom. The van der Waals surface area contributed by atoms with Crippen LogP contribution in [0.4, 0.5) is 5.69 Å². The van der Waals surface area contributed by atoms with E-state index in [2.05, 4.69) is 50.3 Å². The molecule has 20 heavy (non-hydrogen) atoms. The van der Waals surface area contributed by atoms with Crippen LogP contribution < -0.4 is 4.90 Å². The molecule has 1 N–H and O–H groups in total. The molecule has 4 nitrogen and oxygen atoms in total. The van der Waals surface area contributed by atoms with Gasteiger partial charge in [0.25, 0.3) is 0 Å². The Morgan fingerprint density at radius 2 is 2.00 bits per heavy atom. The van der Waals surface area contributed by atoms with Crippen LogP contribution in [0, 0.1) is 0 Å². The Morgan fingerprint density at radius 3 is 2.70 bits per heavy atom. The number of hydrogen-bond acceptors (Lipinski definition) is 4. The fraction of sp³-hybridized carbons (Fsp3) is 0.400. The molecule has 1 saturated heterocycles. The highest BCUT2D eigenvalue weighted by molar-refractivity contribution is 7.98. The molecular formula is C15H20N4S. The van der Waals surface area contributed by atoms with Crippen molar-refractivity contribution in [1.82, 2.24) is 14.9 Å². The number of rotatable bonds is 4. The van der Waals surface area contributed by atoms with Crippen LogP contribution >= 0.6 is 11.8 Å². The zero-order valence-electron chi connectivity index (χ0n) is 11.7. The van der Waals surface area contributed by atoms with Crippen molar-refractivity contribution in [2.24, 2.45) is 0 Å². The maximum Gasteiger partial charge on any atom is 0.120 e. The smallest absolute Gasteiger partial charge is 0.120 e. The fourth-order valence-corrected chi connectivity index (χ4v) is 3.26. The van der Waals surface area contributed by atoms with E-state index in [9.17, 15) is 0 Å². The van der Waals surface area contributed by atoms with E-state index in [4.69, 9.17) is 0 Å². The number of hydrogen-bond donors (Lipinski definition) is 1. The van der Waals surface area contributed by atoms with E-state index in [0.29, 0.717) is 0 Å². The first-order valence-corrected chi connectivity index (χ1v) is 8.18. The fourth-order valence-electron chi connectivity index (χ4n) is 2.63. The lowest BCUT2D eigenvalue weighted by Crippen LogP contribution is -2.46. The number of nitrogens with one attached hydrogen (secondary N) is 1. The SMILES string of the molecule is CSc1ccccc1N1CCN(Cc2ncc[nH]2)CC1. The number of aromatic nitrogens is 2. The van der Waals surface area contributed by atoms with Gasteiger partial charge in [-0.25, -0.2) is 4.98 Å². The summed E-state index contributed by atoms with van der Waals surface area (Å²) in [4.78, 5) is 13.8. The Labute approximate surface area is 124 Å². The van der Waals surface area contributed by atoms with Gasteiger partial charge in [-0.05, 0) is 18.4 Å². The van der Waals surface area contributed by atoms with Gasteiger partial charge < -0.3 is 9.88 Å². The number of H-pyrrole nitrogens is 1.